The van der Waals surface area contributed by atoms with E-state index >= 15 is 0 Å². The second-order valence-corrected chi connectivity index (χ2v) is 10.5. The fraction of sp³-hybridized carbons (Fsp3) is 0.714. The molecule has 1 atom stereocenters. The number of hydrogen-bond donors (Lipinski definition) is 0. The first-order valence-corrected chi connectivity index (χ1v) is 10.2. The van der Waals surface area contributed by atoms with Gasteiger partial charge < -0.3 is 9.47 Å². The summed E-state index contributed by atoms with van der Waals surface area (Å²) in [6, 6.07) is 1.30. The van der Waals surface area contributed by atoms with Crippen LogP contribution in [0, 0.1) is 0 Å². The maximum atomic E-state index is 11.6. The highest BCUT2D eigenvalue weighted by molar-refractivity contribution is 6.82. The van der Waals surface area contributed by atoms with Gasteiger partial charge >= 0.3 is 11.9 Å². The number of carbonyl (C=O) groups is 2. The number of rotatable bonds is 5. The van der Waals surface area contributed by atoms with Crippen molar-refractivity contribution in [2.75, 3.05) is 6.61 Å². The summed E-state index contributed by atoms with van der Waals surface area (Å²) in [7, 11) is -1.25. The highest BCUT2D eigenvalue weighted by atomic mass is 28.3. The summed E-state index contributed by atoms with van der Waals surface area (Å²) in [5, 5.41) is 0. The monoisotopic (exact) mass is 284 g/mol. The third-order valence-electron chi connectivity index (χ3n) is 3.33. The molecule has 1 rings (SSSR count). The summed E-state index contributed by atoms with van der Waals surface area (Å²) in [6.07, 6.45) is 2.24. The average Bonchev–Trinajstić information content (AvgIpc) is 2.34. The molecule has 0 aromatic heterocycles. The van der Waals surface area contributed by atoms with Crippen LogP contribution >= 0.6 is 0 Å². The molecular formula is C14H24O4Si. The van der Waals surface area contributed by atoms with Gasteiger partial charge in [-0.05, 0) is 18.9 Å². The van der Waals surface area contributed by atoms with E-state index in [9.17, 15) is 9.59 Å². The predicted molar refractivity (Wildman–Crippen MR) is 76.4 cm³/mol. The van der Waals surface area contributed by atoms with Gasteiger partial charge in [0.05, 0.1) is 8.07 Å². The molecule has 0 aromatic rings. The Kier molecular flexibility index (Phi) is 5.78. The Morgan fingerprint density at radius 1 is 1.37 bits per heavy atom. The number of hydrogen-bond acceptors (Lipinski definition) is 4. The summed E-state index contributed by atoms with van der Waals surface area (Å²) < 4.78 is 10.1. The third kappa shape index (κ3) is 5.59. The van der Waals surface area contributed by atoms with E-state index in [1.807, 2.05) is 6.92 Å². The first-order chi connectivity index (χ1) is 8.84. The predicted octanol–water partition coefficient (Wildman–Crippen LogP) is 2.84. The lowest BCUT2D eigenvalue weighted by Gasteiger charge is -2.28. The van der Waals surface area contributed by atoms with Crippen molar-refractivity contribution in [1.29, 1.82) is 0 Å². The van der Waals surface area contributed by atoms with Crippen LogP contribution in [0.15, 0.2) is 11.3 Å². The van der Waals surface area contributed by atoms with Crippen LogP contribution < -0.4 is 0 Å². The number of carbonyl (C=O) groups excluding carboxylic acids is 2. The van der Waals surface area contributed by atoms with E-state index in [1.165, 1.54) is 18.0 Å². The van der Waals surface area contributed by atoms with Crippen LogP contribution in [-0.4, -0.2) is 32.7 Å². The highest BCUT2D eigenvalue weighted by Crippen LogP contribution is 2.28. The summed E-state index contributed by atoms with van der Waals surface area (Å²) in [5.41, 5.74) is 3.56. The van der Waals surface area contributed by atoms with Gasteiger partial charge in [-0.2, -0.15) is 0 Å². The van der Waals surface area contributed by atoms with Crippen molar-refractivity contribution in [3.8, 4) is 0 Å². The first-order valence-electron chi connectivity index (χ1n) is 6.91. The molecule has 0 aromatic carbocycles. The maximum Gasteiger partial charge on any atom is 0.344 e. The summed E-state index contributed by atoms with van der Waals surface area (Å²) in [6.45, 7) is 7.94. The maximum absolute atomic E-state index is 11.6. The molecule has 19 heavy (non-hydrogen) atoms. The first kappa shape index (κ1) is 16.0. The van der Waals surface area contributed by atoms with E-state index in [-0.39, 0.29) is 25.1 Å². The third-order valence-corrected chi connectivity index (χ3v) is 6.13. The molecule has 0 N–H and O–H groups in total. The quantitative estimate of drug-likeness (QED) is 0.575. The molecule has 1 aliphatic rings. The molecule has 0 radical (unpaired) electrons. The fourth-order valence-electron chi connectivity index (χ4n) is 2.26. The van der Waals surface area contributed by atoms with Crippen molar-refractivity contribution in [2.24, 2.45) is 0 Å². The Hall–Kier alpha value is -1.10. The Morgan fingerprint density at radius 3 is 2.63 bits per heavy atom. The smallest absolute Gasteiger partial charge is 0.344 e. The van der Waals surface area contributed by atoms with Crippen molar-refractivity contribution in [1.82, 2.24) is 0 Å². The zero-order valence-corrected chi connectivity index (χ0v) is 13.3. The van der Waals surface area contributed by atoms with Gasteiger partial charge in [0.1, 0.15) is 6.10 Å². The van der Waals surface area contributed by atoms with Crippen molar-refractivity contribution in [3.63, 3.8) is 0 Å². The molecule has 1 unspecified atom stereocenters. The molecule has 1 aliphatic heterocycles. The molecule has 0 bridgehead atoms. The van der Waals surface area contributed by atoms with E-state index in [0.717, 1.165) is 6.42 Å². The summed E-state index contributed by atoms with van der Waals surface area (Å²) in [4.78, 5) is 22.5. The molecule has 4 nitrogen and oxygen atoms in total. The van der Waals surface area contributed by atoms with Crippen LogP contribution in [0.25, 0.3) is 0 Å². The zero-order chi connectivity index (χ0) is 14.5. The second-order valence-electron chi connectivity index (χ2n) is 5.71. The Morgan fingerprint density at radius 2 is 2.05 bits per heavy atom. The number of esters is 2. The van der Waals surface area contributed by atoms with E-state index < -0.39 is 14.0 Å². The van der Waals surface area contributed by atoms with Crippen molar-refractivity contribution < 1.29 is 19.1 Å². The number of ether oxygens (including phenoxy) is 2. The minimum absolute atomic E-state index is 0.208. The molecule has 0 saturated heterocycles. The zero-order valence-electron chi connectivity index (χ0n) is 12.3. The minimum Gasteiger partial charge on any atom is -0.456 e. The van der Waals surface area contributed by atoms with Crippen LogP contribution in [0.2, 0.25) is 19.1 Å². The normalized spacial score (nSPS) is 19.3. The standard InChI is InChI=1S/C14H24O4Si/c1-5-13(15)17-9-14(16)18-11(2)12-7-6-8-19(3,4)10-12/h10-11H,5-9H2,1-4H3. The van der Waals surface area contributed by atoms with Crippen LogP contribution in [0.5, 0.6) is 0 Å². The van der Waals surface area contributed by atoms with Gasteiger partial charge in [0, 0.05) is 6.42 Å². The van der Waals surface area contributed by atoms with Crippen molar-refractivity contribution in [3.05, 3.63) is 11.3 Å². The highest BCUT2D eigenvalue weighted by Gasteiger charge is 2.26. The minimum atomic E-state index is -1.25. The van der Waals surface area contributed by atoms with E-state index in [1.54, 1.807) is 6.92 Å². The molecule has 1 heterocycles. The Labute approximate surface area is 116 Å². The Bertz CT molecular complexity index is 374. The van der Waals surface area contributed by atoms with Crippen LogP contribution in [0.4, 0.5) is 0 Å². The van der Waals surface area contributed by atoms with Gasteiger partial charge in [-0.15, -0.1) is 0 Å². The van der Waals surface area contributed by atoms with Crippen LogP contribution in [0.3, 0.4) is 0 Å². The van der Waals surface area contributed by atoms with Crippen LogP contribution in [0.1, 0.15) is 33.1 Å². The fourth-order valence-corrected chi connectivity index (χ4v) is 4.88. The van der Waals surface area contributed by atoms with Gasteiger partial charge in [-0.3, -0.25) is 4.79 Å². The summed E-state index contributed by atoms with van der Waals surface area (Å²) >= 11 is 0. The molecule has 5 heteroatoms. The Balaban J connectivity index is 2.46. The molecule has 0 aliphatic carbocycles. The van der Waals surface area contributed by atoms with E-state index in [4.69, 9.17) is 9.47 Å². The lowest BCUT2D eigenvalue weighted by molar-refractivity contribution is -0.160. The van der Waals surface area contributed by atoms with E-state index in [0.29, 0.717) is 0 Å². The van der Waals surface area contributed by atoms with Gasteiger partial charge in [-0.1, -0.05) is 38.2 Å². The molecule has 0 fully saturated rings. The topological polar surface area (TPSA) is 52.6 Å². The van der Waals surface area contributed by atoms with Gasteiger partial charge in [-0.25, -0.2) is 4.79 Å². The molecule has 0 amide bonds. The second kappa shape index (κ2) is 6.89. The lowest BCUT2D eigenvalue weighted by Crippen LogP contribution is -2.30. The molecule has 108 valence electrons. The average molecular weight is 284 g/mol. The van der Waals surface area contributed by atoms with Gasteiger partial charge in [0.25, 0.3) is 0 Å². The van der Waals surface area contributed by atoms with Gasteiger partial charge in [0.2, 0.25) is 0 Å². The van der Waals surface area contributed by atoms with E-state index in [2.05, 4.69) is 18.8 Å². The molecule has 0 saturated carbocycles. The molecular weight excluding hydrogens is 260 g/mol. The molecule has 0 spiro atoms. The van der Waals surface area contributed by atoms with Gasteiger partial charge in [0.15, 0.2) is 6.61 Å². The summed E-state index contributed by atoms with van der Waals surface area (Å²) in [5.74, 6) is -0.852. The lowest BCUT2D eigenvalue weighted by atomic mass is 10.1. The SMILES string of the molecule is CCC(=O)OCC(=O)OC(C)C1=C[Si](C)(C)CCC1. The largest absolute Gasteiger partial charge is 0.456 e. The van der Waals surface area contributed by atoms with Crippen molar-refractivity contribution >= 4 is 20.0 Å². The van der Waals surface area contributed by atoms with Crippen molar-refractivity contribution in [2.45, 2.75) is 58.4 Å². The van der Waals surface area contributed by atoms with Crippen LogP contribution in [-0.2, 0) is 19.1 Å².